The van der Waals surface area contributed by atoms with E-state index >= 15 is 0 Å². The van der Waals surface area contributed by atoms with Gasteiger partial charge in [0.15, 0.2) is 10.6 Å². The predicted molar refractivity (Wildman–Crippen MR) is 38.1 cm³/mol. The molecule has 0 radical (unpaired) electrons. The van der Waals surface area contributed by atoms with E-state index < -0.39 is 10.8 Å². The van der Waals surface area contributed by atoms with Crippen molar-refractivity contribution >= 4 is 27.7 Å². The summed E-state index contributed by atoms with van der Waals surface area (Å²) in [5, 5.41) is 8.36. The van der Waals surface area contributed by atoms with Gasteiger partial charge in [-0.2, -0.15) is 0 Å². The van der Waals surface area contributed by atoms with Crippen LogP contribution < -0.4 is 0 Å². The molecule has 10 heavy (non-hydrogen) atoms. The third-order valence-corrected chi connectivity index (χ3v) is 2.29. The van der Waals surface area contributed by atoms with Crippen molar-refractivity contribution < 1.29 is 14.7 Å². The summed E-state index contributed by atoms with van der Waals surface area (Å²) in [6, 6.07) is 0. The Kier molecular flexibility index (Phi) is 2.08. The Morgan fingerprint density at radius 3 is 2.30 bits per heavy atom. The molecule has 1 saturated carbocycles. The van der Waals surface area contributed by atoms with Crippen molar-refractivity contribution in [2.75, 3.05) is 0 Å². The Labute approximate surface area is 66.5 Å². The number of carbonyl (C=O) groups excluding carboxylic acids is 1. The van der Waals surface area contributed by atoms with Crippen LogP contribution >= 0.6 is 15.9 Å². The van der Waals surface area contributed by atoms with E-state index in [0.717, 1.165) is 12.8 Å². The lowest BCUT2D eigenvalue weighted by atomic mass is 10.2. The fraction of sp³-hybridized carbons (Fsp3) is 0.667. The highest BCUT2D eigenvalue weighted by Crippen LogP contribution is 2.32. The molecule has 1 aliphatic rings. The number of alkyl halides is 1. The monoisotopic (exact) mass is 206 g/mol. The van der Waals surface area contributed by atoms with Gasteiger partial charge >= 0.3 is 5.97 Å². The number of carbonyl (C=O) groups is 2. The lowest BCUT2D eigenvalue weighted by Gasteiger charge is -1.99. The van der Waals surface area contributed by atoms with Crippen molar-refractivity contribution in [3.05, 3.63) is 0 Å². The molecule has 0 aromatic heterocycles. The highest BCUT2D eigenvalue weighted by molar-refractivity contribution is 9.10. The molecule has 4 heteroatoms. The maximum Gasteiger partial charge on any atom is 0.324 e. The highest BCUT2D eigenvalue weighted by Gasteiger charge is 2.36. The number of rotatable bonds is 3. The van der Waals surface area contributed by atoms with E-state index in [0.29, 0.717) is 0 Å². The number of ketones is 1. The molecule has 1 N–H and O–H groups in total. The third-order valence-electron chi connectivity index (χ3n) is 1.45. The first-order chi connectivity index (χ1) is 4.63. The number of carboxylic acids is 1. The third kappa shape index (κ3) is 1.56. The Morgan fingerprint density at radius 1 is 1.50 bits per heavy atom. The summed E-state index contributed by atoms with van der Waals surface area (Å²) >= 11 is 2.80. The Hall–Kier alpha value is -0.380. The second-order valence-electron chi connectivity index (χ2n) is 2.38. The van der Waals surface area contributed by atoms with Crippen LogP contribution in [0, 0.1) is 5.92 Å². The smallest absolute Gasteiger partial charge is 0.324 e. The van der Waals surface area contributed by atoms with E-state index in [1.165, 1.54) is 0 Å². The molecule has 0 saturated heterocycles. The first-order valence-electron chi connectivity index (χ1n) is 3.03. The molecule has 0 bridgehead atoms. The fourth-order valence-electron chi connectivity index (χ4n) is 0.696. The van der Waals surface area contributed by atoms with Crippen LogP contribution in [0.25, 0.3) is 0 Å². The zero-order valence-corrected chi connectivity index (χ0v) is 6.80. The molecule has 0 aromatic carbocycles. The standard InChI is InChI=1S/C6H7BrO3/c7-4(6(9)10)5(8)3-1-2-3/h3-4H,1-2H2,(H,9,10). The van der Waals surface area contributed by atoms with E-state index in [9.17, 15) is 9.59 Å². The fourth-order valence-corrected chi connectivity index (χ4v) is 1.07. The molecule has 0 aromatic rings. The molecule has 1 aliphatic carbocycles. The topological polar surface area (TPSA) is 54.4 Å². The number of aliphatic carboxylic acids is 1. The van der Waals surface area contributed by atoms with Crippen LogP contribution in [0.15, 0.2) is 0 Å². The van der Waals surface area contributed by atoms with Crippen LogP contribution in [0.3, 0.4) is 0 Å². The summed E-state index contributed by atoms with van der Waals surface area (Å²) in [5.74, 6) is -1.26. The zero-order chi connectivity index (χ0) is 7.72. The van der Waals surface area contributed by atoms with Gasteiger partial charge in [-0.15, -0.1) is 0 Å². The van der Waals surface area contributed by atoms with Crippen LogP contribution in [0.2, 0.25) is 0 Å². The normalized spacial score (nSPS) is 20.1. The van der Waals surface area contributed by atoms with E-state index in [2.05, 4.69) is 15.9 Å². The molecule has 1 rings (SSSR count). The molecule has 0 aliphatic heterocycles. The average molecular weight is 207 g/mol. The molecule has 1 atom stereocenters. The van der Waals surface area contributed by atoms with Crippen molar-refractivity contribution in [3.63, 3.8) is 0 Å². The predicted octanol–water partition coefficient (Wildman–Crippen LogP) is 0.814. The number of hydrogen-bond donors (Lipinski definition) is 1. The molecule has 0 heterocycles. The number of Topliss-reactive ketones (excluding diaryl/α,β-unsaturated/α-hetero) is 1. The minimum atomic E-state index is -1.09. The summed E-state index contributed by atoms with van der Waals surface area (Å²) in [6.07, 6.45) is 1.71. The van der Waals surface area contributed by atoms with Crippen LogP contribution in [0.1, 0.15) is 12.8 Å². The molecule has 0 spiro atoms. The summed E-state index contributed by atoms with van der Waals surface area (Å²) in [4.78, 5) is 20.1. The van der Waals surface area contributed by atoms with Gasteiger partial charge in [-0.25, -0.2) is 0 Å². The maximum absolute atomic E-state index is 10.9. The van der Waals surface area contributed by atoms with E-state index in [4.69, 9.17) is 5.11 Å². The quantitative estimate of drug-likeness (QED) is 0.550. The molecule has 1 unspecified atom stereocenters. The first-order valence-corrected chi connectivity index (χ1v) is 3.95. The van der Waals surface area contributed by atoms with Gasteiger partial charge in [0, 0.05) is 5.92 Å². The Morgan fingerprint density at radius 2 is 2.00 bits per heavy atom. The van der Waals surface area contributed by atoms with E-state index in [1.54, 1.807) is 0 Å². The van der Waals surface area contributed by atoms with E-state index in [1.807, 2.05) is 0 Å². The van der Waals surface area contributed by atoms with Crippen molar-refractivity contribution in [1.29, 1.82) is 0 Å². The molecular formula is C6H7BrO3. The van der Waals surface area contributed by atoms with Crippen LogP contribution in [-0.2, 0) is 9.59 Å². The van der Waals surface area contributed by atoms with Gasteiger partial charge in [-0.05, 0) is 12.8 Å². The second-order valence-corrected chi connectivity index (χ2v) is 3.29. The number of halogens is 1. The van der Waals surface area contributed by atoms with Gasteiger partial charge in [0.2, 0.25) is 0 Å². The van der Waals surface area contributed by atoms with Gasteiger partial charge in [0.1, 0.15) is 0 Å². The van der Waals surface area contributed by atoms with Gasteiger partial charge in [-0.1, -0.05) is 15.9 Å². The molecular weight excluding hydrogens is 200 g/mol. The van der Waals surface area contributed by atoms with E-state index in [-0.39, 0.29) is 11.7 Å². The first kappa shape index (κ1) is 7.72. The van der Waals surface area contributed by atoms with Crippen molar-refractivity contribution in [2.45, 2.75) is 17.7 Å². The minimum Gasteiger partial charge on any atom is -0.480 e. The van der Waals surface area contributed by atoms with Gasteiger partial charge < -0.3 is 5.11 Å². The Bertz CT molecular complexity index is 174. The number of hydrogen-bond acceptors (Lipinski definition) is 2. The highest BCUT2D eigenvalue weighted by atomic mass is 79.9. The summed E-state index contributed by atoms with van der Waals surface area (Å²) in [5.41, 5.74) is 0. The summed E-state index contributed by atoms with van der Waals surface area (Å²) < 4.78 is 0. The average Bonchev–Trinajstić information content (AvgIpc) is 2.65. The summed E-state index contributed by atoms with van der Waals surface area (Å²) in [7, 11) is 0. The van der Waals surface area contributed by atoms with Crippen LogP contribution in [-0.4, -0.2) is 21.7 Å². The zero-order valence-electron chi connectivity index (χ0n) is 5.21. The lowest BCUT2D eigenvalue weighted by Crippen LogP contribution is -2.24. The molecule has 1 fully saturated rings. The molecule has 3 nitrogen and oxygen atoms in total. The van der Waals surface area contributed by atoms with Gasteiger partial charge in [-0.3, -0.25) is 9.59 Å². The maximum atomic E-state index is 10.9. The van der Waals surface area contributed by atoms with Crippen LogP contribution in [0.4, 0.5) is 0 Å². The number of carboxylic acid groups (broad SMARTS) is 1. The van der Waals surface area contributed by atoms with Crippen molar-refractivity contribution in [2.24, 2.45) is 5.92 Å². The SMILES string of the molecule is O=C(O)C(Br)C(=O)C1CC1. The summed E-state index contributed by atoms with van der Waals surface area (Å²) in [6.45, 7) is 0. The van der Waals surface area contributed by atoms with Crippen molar-refractivity contribution in [1.82, 2.24) is 0 Å². The molecule has 0 amide bonds. The lowest BCUT2D eigenvalue weighted by molar-refractivity contribution is -0.139. The largest absolute Gasteiger partial charge is 0.480 e. The van der Waals surface area contributed by atoms with Gasteiger partial charge in [0.25, 0.3) is 0 Å². The second kappa shape index (κ2) is 2.70. The van der Waals surface area contributed by atoms with Crippen LogP contribution in [0.5, 0.6) is 0 Å². The minimum absolute atomic E-state index is 0.0143. The van der Waals surface area contributed by atoms with Gasteiger partial charge in [0.05, 0.1) is 0 Å². The van der Waals surface area contributed by atoms with Crippen molar-refractivity contribution in [3.8, 4) is 0 Å². The molecule has 56 valence electrons. The Balaban J connectivity index is 2.46.